The number of hydrogen-bond acceptors (Lipinski definition) is 3. The summed E-state index contributed by atoms with van der Waals surface area (Å²) in [6.45, 7) is 4.19. The third-order valence-electron chi connectivity index (χ3n) is 3.28. The molecular weight excluding hydrogens is 278 g/mol. The Labute approximate surface area is 123 Å². The smallest absolute Gasteiger partial charge is 0.251 e. The standard InChI is InChI=1S/C14H18ClN3O2/c1-9(13(19)17-8-10-6-16-7-10)18-14(20)11-2-4-12(15)5-3-11/h2-5,9-10,16H,6-8H2,1H3,(H,17,19)(H,18,20). The molecule has 6 heteroatoms. The highest BCUT2D eigenvalue weighted by molar-refractivity contribution is 6.30. The van der Waals surface area contributed by atoms with Crippen molar-refractivity contribution in [2.75, 3.05) is 19.6 Å². The van der Waals surface area contributed by atoms with Crippen LogP contribution in [0.3, 0.4) is 0 Å². The first-order valence-corrected chi connectivity index (χ1v) is 6.99. The van der Waals surface area contributed by atoms with Crippen LogP contribution in [0.1, 0.15) is 17.3 Å². The van der Waals surface area contributed by atoms with E-state index in [1.54, 1.807) is 31.2 Å². The van der Waals surface area contributed by atoms with E-state index >= 15 is 0 Å². The van der Waals surface area contributed by atoms with Gasteiger partial charge < -0.3 is 16.0 Å². The summed E-state index contributed by atoms with van der Waals surface area (Å²) in [5, 5.41) is 9.21. The summed E-state index contributed by atoms with van der Waals surface area (Å²) in [5.41, 5.74) is 0.484. The van der Waals surface area contributed by atoms with Gasteiger partial charge in [0.25, 0.3) is 5.91 Å². The molecule has 0 aromatic heterocycles. The van der Waals surface area contributed by atoms with Gasteiger partial charge in [0, 0.05) is 36.1 Å². The Balaban J connectivity index is 1.80. The molecule has 108 valence electrons. The predicted octanol–water partition coefficient (Wildman–Crippen LogP) is 0.794. The second-order valence-electron chi connectivity index (χ2n) is 4.97. The summed E-state index contributed by atoms with van der Waals surface area (Å²) in [6.07, 6.45) is 0. The van der Waals surface area contributed by atoms with E-state index < -0.39 is 6.04 Å². The third-order valence-corrected chi connectivity index (χ3v) is 3.53. The average Bonchev–Trinajstić information content (AvgIpc) is 2.37. The summed E-state index contributed by atoms with van der Waals surface area (Å²) < 4.78 is 0. The Bertz CT molecular complexity index is 486. The van der Waals surface area contributed by atoms with Crippen LogP contribution in [0.4, 0.5) is 0 Å². The number of hydrogen-bond donors (Lipinski definition) is 3. The molecule has 1 unspecified atom stereocenters. The van der Waals surface area contributed by atoms with Crippen LogP contribution in [0, 0.1) is 5.92 Å². The highest BCUT2D eigenvalue weighted by Crippen LogP contribution is 2.09. The summed E-state index contributed by atoms with van der Waals surface area (Å²) in [7, 11) is 0. The number of halogens is 1. The highest BCUT2D eigenvalue weighted by Gasteiger charge is 2.20. The summed E-state index contributed by atoms with van der Waals surface area (Å²) in [6, 6.07) is 5.98. The van der Waals surface area contributed by atoms with Gasteiger partial charge in [-0.1, -0.05) is 11.6 Å². The van der Waals surface area contributed by atoms with Crippen molar-refractivity contribution in [3.05, 3.63) is 34.9 Å². The van der Waals surface area contributed by atoms with Crippen molar-refractivity contribution in [2.24, 2.45) is 5.92 Å². The summed E-state index contributed by atoms with van der Waals surface area (Å²) in [4.78, 5) is 23.8. The average molecular weight is 296 g/mol. The molecule has 3 N–H and O–H groups in total. The van der Waals surface area contributed by atoms with E-state index in [2.05, 4.69) is 16.0 Å². The van der Waals surface area contributed by atoms with Gasteiger partial charge in [-0.05, 0) is 31.2 Å². The maximum atomic E-state index is 11.9. The molecule has 1 atom stereocenters. The molecule has 20 heavy (non-hydrogen) atoms. The van der Waals surface area contributed by atoms with E-state index in [0.29, 0.717) is 23.0 Å². The maximum absolute atomic E-state index is 11.9. The lowest BCUT2D eigenvalue weighted by atomic mass is 10.0. The molecule has 2 rings (SSSR count). The summed E-state index contributed by atoms with van der Waals surface area (Å²) >= 11 is 5.76. The van der Waals surface area contributed by atoms with Crippen LogP contribution in [0.15, 0.2) is 24.3 Å². The maximum Gasteiger partial charge on any atom is 0.251 e. The number of rotatable bonds is 5. The Morgan fingerprint density at radius 3 is 2.55 bits per heavy atom. The van der Waals surface area contributed by atoms with Crippen LogP contribution >= 0.6 is 11.6 Å². The Morgan fingerprint density at radius 1 is 1.35 bits per heavy atom. The topological polar surface area (TPSA) is 70.2 Å². The van der Waals surface area contributed by atoms with Crippen LogP contribution in [-0.2, 0) is 4.79 Å². The monoisotopic (exact) mass is 295 g/mol. The molecule has 1 aromatic carbocycles. The van der Waals surface area contributed by atoms with Crippen molar-refractivity contribution in [1.82, 2.24) is 16.0 Å². The lowest BCUT2D eigenvalue weighted by molar-refractivity contribution is -0.122. The molecule has 0 radical (unpaired) electrons. The van der Waals surface area contributed by atoms with Crippen LogP contribution in [0.25, 0.3) is 0 Å². The minimum absolute atomic E-state index is 0.167. The van der Waals surface area contributed by atoms with E-state index in [4.69, 9.17) is 11.6 Å². The zero-order chi connectivity index (χ0) is 14.5. The molecule has 1 aromatic rings. The van der Waals surface area contributed by atoms with Gasteiger partial charge in [0.2, 0.25) is 5.91 Å². The van der Waals surface area contributed by atoms with Crippen LogP contribution in [0.5, 0.6) is 0 Å². The highest BCUT2D eigenvalue weighted by atomic mass is 35.5. The van der Waals surface area contributed by atoms with Crippen molar-refractivity contribution in [1.29, 1.82) is 0 Å². The second kappa shape index (κ2) is 6.72. The van der Waals surface area contributed by atoms with E-state index in [-0.39, 0.29) is 11.8 Å². The molecule has 1 heterocycles. The van der Waals surface area contributed by atoms with Crippen molar-refractivity contribution < 1.29 is 9.59 Å². The molecule has 1 aliphatic heterocycles. The Morgan fingerprint density at radius 2 is 2.00 bits per heavy atom. The van der Waals surface area contributed by atoms with Crippen molar-refractivity contribution >= 4 is 23.4 Å². The number of nitrogens with one attached hydrogen (secondary N) is 3. The normalized spacial score (nSPS) is 16.1. The van der Waals surface area contributed by atoms with Crippen molar-refractivity contribution in [3.8, 4) is 0 Å². The first-order chi connectivity index (χ1) is 9.56. The molecule has 0 bridgehead atoms. The molecule has 5 nitrogen and oxygen atoms in total. The van der Waals surface area contributed by atoms with Gasteiger partial charge in [0.15, 0.2) is 0 Å². The molecular formula is C14H18ClN3O2. The van der Waals surface area contributed by atoms with Crippen LogP contribution in [0.2, 0.25) is 5.02 Å². The fourth-order valence-electron chi connectivity index (χ4n) is 1.84. The number of carbonyl (C=O) groups is 2. The van der Waals surface area contributed by atoms with E-state index in [9.17, 15) is 9.59 Å². The lowest BCUT2D eigenvalue weighted by Crippen LogP contribution is -2.51. The Kier molecular flexibility index (Phi) is 4.98. The first kappa shape index (κ1) is 14.8. The lowest BCUT2D eigenvalue weighted by Gasteiger charge is -2.27. The van der Waals surface area contributed by atoms with Gasteiger partial charge in [-0.3, -0.25) is 9.59 Å². The van der Waals surface area contributed by atoms with Gasteiger partial charge in [0.05, 0.1) is 0 Å². The van der Waals surface area contributed by atoms with Gasteiger partial charge in [0.1, 0.15) is 6.04 Å². The number of benzene rings is 1. The molecule has 2 amide bonds. The van der Waals surface area contributed by atoms with E-state index in [1.807, 2.05) is 0 Å². The van der Waals surface area contributed by atoms with Gasteiger partial charge in [-0.2, -0.15) is 0 Å². The molecule has 0 aliphatic carbocycles. The Hall–Kier alpha value is -1.59. The second-order valence-corrected chi connectivity index (χ2v) is 5.41. The largest absolute Gasteiger partial charge is 0.354 e. The quantitative estimate of drug-likeness (QED) is 0.752. The third kappa shape index (κ3) is 3.95. The van der Waals surface area contributed by atoms with Gasteiger partial charge in [-0.15, -0.1) is 0 Å². The van der Waals surface area contributed by atoms with Crippen molar-refractivity contribution in [3.63, 3.8) is 0 Å². The van der Waals surface area contributed by atoms with Gasteiger partial charge in [-0.25, -0.2) is 0 Å². The zero-order valence-corrected chi connectivity index (χ0v) is 12.0. The molecule has 0 spiro atoms. The fourth-order valence-corrected chi connectivity index (χ4v) is 1.96. The number of carbonyl (C=O) groups excluding carboxylic acids is 2. The van der Waals surface area contributed by atoms with E-state index in [1.165, 1.54) is 0 Å². The van der Waals surface area contributed by atoms with Crippen LogP contribution < -0.4 is 16.0 Å². The molecule has 1 saturated heterocycles. The fraction of sp³-hybridized carbons (Fsp3) is 0.429. The number of amides is 2. The minimum Gasteiger partial charge on any atom is -0.354 e. The summed E-state index contributed by atoms with van der Waals surface area (Å²) in [5.74, 6) is 0.0481. The molecule has 1 aliphatic rings. The van der Waals surface area contributed by atoms with Crippen LogP contribution in [-0.4, -0.2) is 37.5 Å². The zero-order valence-electron chi connectivity index (χ0n) is 11.3. The van der Waals surface area contributed by atoms with E-state index in [0.717, 1.165) is 13.1 Å². The predicted molar refractivity (Wildman–Crippen MR) is 77.7 cm³/mol. The molecule has 0 saturated carbocycles. The first-order valence-electron chi connectivity index (χ1n) is 6.61. The van der Waals surface area contributed by atoms with Crippen molar-refractivity contribution in [2.45, 2.75) is 13.0 Å². The SMILES string of the molecule is CC(NC(=O)c1ccc(Cl)cc1)C(=O)NCC1CNC1. The molecule has 1 fully saturated rings. The van der Waals surface area contributed by atoms with Gasteiger partial charge >= 0.3 is 0 Å². The minimum atomic E-state index is -0.564.